The standard InChI is InChI=1S/C28H22F3N5O6S/c1-41-17-4-7-19(8-5-17)43(39,40)35-27(38)25-24(20-3-2-11-34-26(20)37)21-14-18(42-28(29,30)31)6-9-22(21)36(25)15-16-10-12-33-23(32)13-16/h2-14H,15H2,1H3,(H2,32,33)(H,34,37)(H,35,38). The van der Waals surface area contributed by atoms with Crippen LogP contribution in [0.25, 0.3) is 22.0 Å². The van der Waals surface area contributed by atoms with E-state index in [1.54, 1.807) is 6.07 Å². The van der Waals surface area contributed by atoms with E-state index in [4.69, 9.17) is 10.5 Å². The molecule has 0 unspecified atom stereocenters. The molecule has 5 aromatic rings. The molecule has 11 nitrogen and oxygen atoms in total. The van der Waals surface area contributed by atoms with Gasteiger partial charge >= 0.3 is 6.36 Å². The van der Waals surface area contributed by atoms with Crippen LogP contribution in [0, 0.1) is 0 Å². The number of sulfonamides is 1. The number of pyridine rings is 2. The molecule has 0 spiro atoms. The van der Waals surface area contributed by atoms with E-state index < -0.39 is 33.6 Å². The van der Waals surface area contributed by atoms with Gasteiger partial charge in [0.05, 0.1) is 12.0 Å². The molecule has 0 saturated heterocycles. The summed E-state index contributed by atoms with van der Waals surface area (Å²) in [4.78, 5) is 33.0. The molecular formula is C28H22F3N5O6S. The predicted octanol–water partition coefficient (Wildman–Crippen LogP) is 4.05. The number of anilines is 1. The average molecular weight is 614 g/mol. The number of nitrogens with zero attached hydrogens (tertiary/aromatic N) is 2. The number of nitrogens with two attached hydrogens (primary N) is 1. The molecule has 0 aliphatic carbocycles. The molecule has 5 rings (SSSR count). The average Bonchev–Trinajstić information content (AvgIpc) is 3.25. The Bertz CT molecular complexity index is 2000. The van der Waals surface area contributed by atoms with Gasteiger partial charge in [-0.05, 0) is 72.3 Å². The summed E-state index contributed by atoms with van der Waals surface area (Å²) in [5.41, 5.74) is 5.35. The van der Waals surface area contributed by atoms with Crippen LogP contribution in [-0.4, -0.2) is 42.3 Å². The summed E-state index contributed by atoms with van der Waals surface area (Å²) in [7, 11) is -3.06. The van der Waals surface area contributed by atoms with Gasteiger partial charge in [-0.3, -0.25) is 9.59 Å². The summed E-state index contributed by atoms with van der Waals surface area (Å²) in [5, 5.41) is 0.0208. The summed E-state index contributed by atoms with van der Waals surface area (Å²) in [6.07, 6.45) is -2.28. The van der Waals surface area contributed by atoms with Gasteiger partial charge < -0.3 is 24.8 Å². The van der Waals surface area contributed by atoms with Gasteiger partial charge in [0.15, 0.2) is 0 Å². The molecule has 43 heavy (non-hydrogen) atoms. The molecule has 15 heteroatoms. The number of alkyl halides is 3. The molecule has 0 fully saturated rings. The second-order valence-corrected chi connectivity index (χ2v) is 10.8. The monoisotopic (exact) mass is 613 g/mol. The molecule has 3 aromatic heterocycles. The van der Waals surface area contributed by atoms with E-state index in [9.17, 15) is 31.2 Å². The zero-order valence-corrected chi connectivity index (χ0v) is 23.0. The van der Waals surface area contributed by atoms with Crippen LogP contribution in [0.4, 0.5) is 19.0 Å². The molecule has 3 heterocycles. The van der Waals surface area contributed by atoms with Gasteiger partial charge in [0.1, 0.15) is 23.0 Å². The number of aromatic nitrogens is 3. The smallest absolute Gasteiger partial charge is 0.497 e. The number of H-pyrrole nitrogens is 1. The van der Waals surface area contributed by atoms with Crippen LogP contribution < -0.4 is 25.5 Å². The van der Waals surface area contributed by atoms with E-state index in [0.29, 0.717) is 11.3 Å². The number of rotatable bonds is 8. The fraction of sp³-hybridized carbons (Fsp3) is 0.107. The van der Waals surface area contributed by atoms with E-state index >= 15 is 0 Å². The lowest BCUT2D eigenvalue weighted by Crippen LogP contribution is -2.33. The fourth-order valence-electron chi connectivity index (χ4n) is 4.58. The largest absolute Gasteiger partial charge is 0.573 e. The Hall–Kier alpha value is -5.31. The second-order valence-electron chi connectivity index (χ2n) is 9.15. The highest BCUT2D eigenvalue weighted by molar-refractivity contribution is 7.90. The highest BCUT2D eigenvalue weighted by atomic mass is 32.2. The number of nitrogen functional groups attached to an aromatic ring is 1. The van der Waals surface area contributed by atoms with Crippen LogP contribution in [0.3, 0.4) is 0 Å². The molecule has 4 N–H and O–H groups in total. The summed E-state index contributed by atoms with van der Waals surface area (Å²) < 4.78 is 78.4. The van der Waals surface area contributed by atoms with E-state index in [0.717, 1.165) is 12.1 Å². The minimum absolute atomic E-state index is 0.0208. The highest BCUT2D eigenvalue weighted by Crippen LogP contribution is 2.37. The van der Waals surface area contributed by atoms with Crippen molar-refractivity contribution in [2.24, 2.45) is 0 Å². The van der Waals surface area contributed by atoms with Gasteiger partial charge in [0.25, 0.3) is 21.5 Å². The molecule has 0 aliphatic rings. The third-order valence-corrected chi connectivity index (χ3v) is 7.70. The van der Waals surface area contributed by atoms with Crippen molar-refractivity contribution >= 4 is 32.7 Å². The first-order valence-corrected chi connectivity index (χ1v) is 13.9. The molecular weight excluding hydrogens is 591 g/mol. The summed E-state index contributed by atoms with van der Waals surface area (Å²) >= 11 is 0. The first-order chi connectivity index (χ1) is 20.4. The van der Waals surface area contributed by atoms with Gasteiger partial charge in [-0.25, -0.2) is 18.1 Å². The van der Waals surface area contributed by atoms with Crippen molar-refractivity contribution in [3.8, 4) is 22.6 Å². The van der Waals surface area contributed by atoms with Crippen molar-refractivity contribution in [2.75, 3.05) is 12.8 Å². The summed E-state index contributed by atoms with van der Waals surface area (Å²) in [6, 6.07) is 14.5. The Morgan fingerprint density at radius 2 is 1.79 bits per heavy atom. The Morgan fingerprint density at radius 3 is 2.44 bits per heavy atom. The molecule has 2 aromatic carbocycles. The molecule has 222 valence electrons. The number of aromatic amines is 1. The van der Waals surface area contributed by atoms with Crippen LogP contribution in [0.2, 0.25) is 0 Å². The maximum Gasteiger partial charge on any atom is 0.573 e. The topological polar surface area (TPSA) is 158 Å². The molecule has 0 aliphatic heterocycles. The third kappa shape index (κ3) is 6.16. The van der Waals surface area contributed by atoms with Crippen molar-refractivity contribution in [1.82, 2.24) is 19.3 Å². The van der Waals surface area contributed by atoms with E-state index in [1.807, 2.05) is 4.72 Å². The Labute approximate surface area is 241 Å². The van der Waals surface area contributed by atoms with Crippen LogP contribution in [0.5, 0.6) is 11.5 Å². The number of fused-ring (bicyclic) bond motifs is 1. The van der Waals surface area contributed by atoms with Crippen molar-refractivity contribution in [3.63, 3.8) is 0 Å². The quantitative estimate of drug-likeness (QED) is 0.237. The number of carbonyl (C=O) groups excluding carboxylic acids is 1. The molecule has 0 radical (unpaired) electrons. The molecule has 0 atom stereocenters. The number of carbonyl (C=O) groups is 1. The van der Waals surface area contributed by atoms with E-state index in [2.05, 4.69) is 14.7 Å². The lowest BCUT2D eigenvalue weighted by atomic mass is 10.0. The van der Waals surface area contributed by atoms with Gasteiger partial charge in [0, 0.05) is 41.0 Å². The number of hydrogen-bond acceptors (Lipinski definition) is 8. The summed E-state index contributed by atoms with van der Waals surface area (Å²) in [6.45, 7) is -0.0984. The fourth-order valence-corrected chi connectivity index (χ4v) is 5.53. The van der Waals surface area contributed by atoms with Gasteiger partial charge in [0.2, 0.25) is 0 Å². The number of nitrogens with one attached hydrogen (secondary N) is 2. The number of amides is 1. The molecule has 1 amide bonds. The first kappa shape index (κ1) is 29.2. The number of ether oxygens (including phenoxy) is 2. The SMILES string of the molecule is COc1ccc(S(=O)(=O)NC(=O)c2c(-c3ccc[nH]c3=O)c3cc(OC(F)(F)F)ccc3n2Cc2ccnc(N)c2)cc1. The van der Waals surface area contributed by atoms with Crippen LogP contribution in [0.1, 0.15) is 16.1 Å². The van der Waals surface area contributed by atoms with Crippen LogP contribution in [0.15, 0.2) is 88.8 Å². The Balaban J connectivity index is 1.76. The number of benzene rings is 2. The van der Waals surface area contributed by atoms with Gasteiger partial charge in [-0.2, -0.15) is 0 Å². The van der Waals surface area contributed by atoms with Crippen molar-refractivity contribution in [2.45, 2.75) is 17.8 Å². The third-order valence-electron chi connectivity index (χ3n) is 6.35. The minimum atomic E-state index is -5.03. The lowest BCUT2D eigenvalue weighted by Gasteiger charge is -2.14. The predicted molar refractivity (Wildman–Crippen MR) is 150 cm³/mol. The van der Waals surface area contributed by atoms with Gasteiger partial charge in [-0.15, -0.1) is 13.2 Å². The van der Waals surface area contributed by atoms with Crippen molar-refractivity contribution < 1.29 is 35.9 Å². The highest BCUT2D eigenvalue weighted by Gasteiger charge is 2.33. The van der Waals surface area contributed by atoms with E-state index in [-0.39, 0.29) is 45.0 Å². The minimum Gasteiger partial charge on any atom is -0.497 e. The normalized spacial score (nSPS) is 11.8. The Morgan fingerprint density at radius 1 is 1.07 bits per heavy atom. The lowest BCUT2D eigenvalue weighted by molar-refractivity contribution is -0.274. The van der Waals surface area contributed by atoms with Crippen LogP contribution >= 0.6 is 0 Å². The zero-order valence-electron chi connectivity index (χ0n) is 22.2. The van der Waals surface area contributed by atoms with E-state index in [1.165, 1.54) is 72.6 Å². The maximum absolute atomic E-state index is 13.9. The second kappa shape index (κ2) is 11.2. The number of halogens is 3. The molecule has 0 saturated carbocycles. The first-order valence-electron chi connectivity index (χ1n) is 12.4. The Kier molecular flexibility index (Phi) is 7.58. The van der Waals surface area contributed by atoms with Crippen LogP contribution in [-0.2, 0) is 16.6 Å². The zero-order chi connectivity index (χ0) is 30.9. The number of methoxy groups -OCH3 is 1. The van der Waals surface area contributed by atoms with Crippen molar-refractivity contribution in [1.29, 1.82) is 0 Å². The van der Waals surface area contributed by atoms with Gasteiger partial charge in [-0.1, -0.05) is 0 Å². The summed E-state index contributed by atoms with van der Waals surface area (Å²) in [5.74, 6) is -1.23. The maximum atomic E-state index is 13.9. The van der Waals surface area contributed by atoms with Crippen molar-refractivity contribution in [3.05, 3.63) is 101 Å². The number of hydrogen-bond donors (Lipinski definition) is 3. The molecule has 0 bridgehead atoms.